The van der Waals surface area contributed by atoms with E-state index in [-0.39, 0.29) is 0 Å². The molecule has 2 rings (SSSR count). The van der Waals surface area contributed by atoms with Crippen LogP contribution in [0, 0.1) is 0 Å². The Hall–Kier alpha value is -1.90. The van der Waals surface area contributed by atoms with Crippen molar-refractivity contribution in [2.24, 2.45) is 0 Å². The number of benzene rings is 1. The van der Waals surface area contributed by atoms with Crippen LogP contribution in [-0.4, -0.2) is 94.9 Å². The van der Waals surface area contributed by atoms with Crippen LogP contribution in [0.15, 0.2) is 37.1 Å². The molecular weight excluding hydrogens is 446 g/mol. The van der Waals surface area contributed by atoms with Crippen LogP contribution in [0.5, 0.6) is 0 Å². The van der Waals surface area contributed by atoms with Gasteiger partial charge >= 0.3 is 0 Å². The standard InChI is InChI=1S/C29H53N7/c1-6-27-14-13-15-29(28(27)25-34(5)31-4)33-17-12-10-8-7-9-11-16-32-26(2)24-36-22-20-35(21-23-36)19-18-30-3/h6,13-15,30-33H,1-2,7-12,16-25H2,3-5H3. The van der Waals surface area contributed by atoms with Crippen molar-refractivity contribution in [3.63, 3.8) is 0 Å². The second kappa shape index (κ2) is 18.4. The molecule has 0 bridgehead atoms. The molecule has 0 amide bonds. The second-order valence-electron chi connectivity index (χ2n) is 9.96. The highest BCUT2D eigenvalue weighted by atomic mass is 15.5. The van der Waals surface area contributed by atoms with Crippen LogP contribution < -0.4 is 21.4 Å². The molecule has 1 saturated heterocycles. The maximum absolute atomic E-state index is 4.25. The summed E-state index contributed by atoms with van der Waals surface area (Å²) in [5, 5.41) is 12.5. The van der Waals surface area contributed by atoms with Gasteiger partial charge in [0.25, 0.3) is 0 Å². The van der Waals surface area contributed by atoms with E-state index in [9.17, 15) is 0 Å². The predicted octanol–water partition coefficient (Wildman–Crippen LogP) is 3.59. The summed E-state index contributed by atoms with van der Waals surface area (Å²) in [6, 6.07) is 6.42. The van der Waals surface area contributed by atoms with Gasteiger partial charge in [-0.05, 0) is 44.1 Å². The predicted molar refractivity (Wildman–Crippen MR) is 157 cm³/mol. The van der Waals surface area contributed by atoms with Crippen molar-refractivity contribution >= 4 is 11.8 Å². The minimum absolute atomic E-state index is 0.842. The van der Waals surface area contributed by atoms with E-state index in [4.69, 9.17) is 0 Å². The summed E-state index contributed by atoms with van der Waals surface area (Å²) in [6.45, 7) is 19.0. The monoisotopic (exact) mass is 499 g/mol. The molecule has 204 valence electrons. The zero-order chi connectivity index (χ0) is 26.0. The van der Waals surface area contributed by atoms with Crippen LogP contribution in [0.2, 0.25) is 0 Å². The molecule has 0 aromatic heterocycles. The van der Waals surface area contributed by atoms with Crippen molar-refractivity contribution in [1.29, 1.82) is 0 Å². The van der Waals surface area contributed by atoms with Crippen molar-refractivity contribution in [3.8, 4) is 0 Å². The van der Waals surface area contributed by atoms with E-state index in [0.29, 0.717) is 0 Å². The summed E-state index contributed by atoms with van der Waals surface area (Å²) in [4.78, 5) is 5.07. The minimum Gasteiger partial charge on any atom is -0.388 e. The van der Waals surface area contributed by atoms with Gasteiger partial charge in [0.1, 0.15) is 0 Å². The molecule has 0 spiro atoms. The quantitative estimate of drug-likeness (QED) is 0.162. The first-order valence-corrected chi connectivity index (χ1v) is 13.9. The lowest BCUT2D eigenvalue weighted by atomic mass is 10.0. The van der Waals surface area contributed by atoms with E-state index in [0.717, 1.165) is 52.4 Å². The summed E-state index contributed by atoms with van der Waals surface area (Å²) in [5.74, 6) is 0. The van der Waals surface area contributed by atoms with Crippen molar-refractivity contribution in [1.82, 2.24) is 30.9 Å². The fraction of sp³-hybridized carbons (Fsp3) is 0.655. The molecule has 1 aromatic carbocycles. The molecule has 0 atom stereocenters. The average molecular weight is 500 g/mol. The Bertz CT molecular complexity index is 743. The lowest BCUT2D eigenvalue weighted by Gasteiger charge is -2.35. The number of nitrogens with zero attached hydrogens (tertiary/aromatic N) is 3. The summed E-state index contributed by atoms with van der Waals surface area (Å²) in [7, 11) is 6.03. The van der Waals surface area contributed by atoms with Gasteiger partial charge in [-0.2, -0.15) is 0 Å². The second-order valence-corrected chi connectivity index (χ2v) is 9.96. The van der Waals surface area contributed by atoms with Crippen molar-refractivity contribution in [2.75, 3.05) is 85.4 Å². The van der Waals surface area contributed by atoms with Gasteiger partial charge < -0.3 is 16.0 Å². The number of likely N-dealkylation sites (N-methyl/N-ethyl adjacent to an activating group) is 1. The molecule has 36 heavy (non-hydrogen) atoms. The van der Waals surface area contributed by atoms with Crippen LogP contribution in [0.3, 0.4) is 0 Å². The number of hydrogen-bond donors (Lipinski definition) is 4. The summed E-state index contributed by atoms with van der Waals surface area (Å²) < 4.78 is 0. The Morgan fingerprint density at radius 3 is 2.28 bits per heavy atom. The van der Waals surface area contributed by atoms with Crippen LogP contribution >= 0.6 is 0 Å². The van der Waals surface area contributed by atoms with Crippen molar-refractivity contribution in [2.45, 2.75) is 45.1 Å². The fourth-order valence-electron chi connectivity index (χ4n) is 4.67. The van der Waals surface area contributed by atoms with Gasteiger partial charge in [-0.3, -0.25) is 15.2 Å². The third-order valence-electron chi connectivity index (χ3n) is 7.06. The van der Waals surface area contributed by atoms with Gasteiger partial charge in [0.15, 0.2) is 0 Å². The normalized spacial score (nSPS) is 14.8. The Kier molecular flexibility index (Phi) is 15.5. The molecule has 0 saturated carbocycles. The molecule has 1 heterocycles. The molecule has 0 aliphatic carbocycles. The molecule has 1 fully saturated rings. The third kappa shape index (κ3) is 11.9. The Labute approximate surface area is 221 Å². The van der Waals surface area contributed by atoms with E-state index >= 15 is 0 Å². The highest BCUT2D eigenvalue weighted by Crippen LogP contribution is 2.22. The first kappa shape index (κ1) is 30.3. The Morgan fingerprint density at radius 2 is 1.61 bits per heavy atom. The van der Waals surface area contributed by atoms with E-state index in [1.807, 2.05) is 20.2 Å². The molecule has 0 unspecified atom stereocenters. The summed E-state index contributed by atoms with van der Waals surface area (Å²) in [5.41, 5.74) is 8.07. The molecule has 0 radical (unpaired) electrons. The molecule has 7 heteroatoms. The van der Waals surface area contributed by atoms with Crippen LogP contribution in [0.4, 0.5) is 5.69 Å². The maximum atomic E-state index is 4.25. The molecule has 7 nitrogen and oxygen atoms in total. The van der Waals surface area contributed by atoms with Gasteiger partial charge in [-0.15, -0.1) is 0 Å². The molecule has 4 N–H and O–H groups in total. The van der Waals surface area contributed by atoms with E-state index < -0.39 is 0 Å². The van der Waals surface area contributed by atoms with Crippen molar-refractivity contribution in [3.05, 3.63) is 48.2 Å². The van der Waals surface area contributed by atoms with Gasteiger partial charge in [0.05, 0.1) is 0 Å². The average Bonchev–Trinajstić information content (AvgIpc) is 2.89. The SMILES string of the molecule is C=Cc1cccc(NCCCCCCCCNC(=C)CN2CCN(CCNC)CC2)c1CN(C)NC. The van der Waals surface area contributed by atoms with Crippen molar-refractivity contribution < 1.29 is 0 Å². The molecular formula is C29H53N7. The zero-order valence-corrected chi connectivity index (χ0v) is 23.4. The largest absolute Gasteiger partial charge is 0.388 e. The van der Waals surface area contributed by atoms with Crippen LogP contribution in [-0.2, 0) is 6.54 Å². The summed E-state index contributed by atoms with van der Waals surface area (Å²) >= 11 is 0. The molecule has 1 aliphatic heterocycles. The first-order chi connectivity index (χ1) is 17.6. The van der Waals surface area contributed by atoms with Gasteiger partial charge in [0.2, 0.25) is 0 Å². The van der Waals surface area contributed by atoms with Crippen LogP contribution in [0.1, 0.15) is 49.7 Å². The first-order valence-electron chi connectivity index (χ1n) is 13.9. The maximum Gasteiger partial charge on any atom is 0.0404 e. The number of anilines is 1. The highest BCUT2D eigenvalue weighted by molar-refractivity contribution is 5.63. The number of rotatable bonds is 20. The Balaban J connectivity index is 1.48. The lowest BCUT2D eigenvalue weighted by molar-refractivity contribution is 0.140. The summed E-state index contributed by atoms with van der Waals surface area (Å²) in [6.07, 6.45) is 9.57. The lowest BCUT2D eigenvalue weighted by Crippen LogP contribution is -2.48. The van der Waals surface area contributed by atoms with Crippen LogP contribution in [0.25, 0.3) is 6.08 Å². The number of hydrazine groups is 1. The van der Waals surface area contributed by atoms with Gasteiger partial charge in [-0.1, -0.05) is 57.0 Å². The Morgan fingerprint density at radius 1 is 0.944 bits per heavy atom. The zero-order valence-electron chi connectivity index (χ0n) is 23.4. The highest BCUT2D eigenvalue weighted by Gasteiger charge is 2.16. The smallest absolute Gasteiger partial charge is 0.0404 e. The topological polar surface area (TPSA) is 57.8 Å². The number of hydrogen-bond acceptors (Lipinski definition) is 7. The fourth-order valence-corrected chi connectivity index (χ4v) is 4.67. The van der Waals surface area contributed by atoms with Gasteiger partial charge in [0, 0.05) is 83.9 Å². The van der Waals surface area contributed by atoms with E-state index in [1.165, 1.54) is 74.1 Å². The number of nitrogens with one attached hydrogen (secondary N) is 4. The molecule has 1 aliphatic rings. The minimum atomic E-state index is 0.842. The van der Waals surface area contributed by atoms with E-state index in [2.05, 4.69) is 74.6 Å². The van der Waals surface area contributed by atoms with E-state index in [1.54, 1.807) is 0 Å². The van der Waals surface area contributed by atoms with Gasteiger partial charge in [-0.25, -0.2) is 5.01 Å². The number of unbranched alkanes of at least 4 members (excludes halogenated alkanes) is 5. The number of piperazine rings is 1. The third-order valence-corrected chi connectivity index (χ3v) is 7.06. The molecule has 1 aromatic rings.